The van der Waals surface area contributed by atoms with Crippen molar-refractivity contribution in [2.45, 2.75) is 31.8 Å². The Morgan fingerprint density at radius 2 is 1.73 bits per heavy atom. The van der Waals surface area contributed by atoms with E-state index in [0.717, 1.165) is 22.3 Å². The molecule has 1 aliphatic carbocycles. The number of amides is 1. The van der Waals surface area contributed by atoms with Crippen LogP contribution < -0.4 is 5.32 Å². The Balaban J connectivity index is 1.45. The number of aliphatic imine (C=N–C) groups is 1. The lowest BCUT2D eigenvalue weighted by Crippen LogP contribution is -2.45. The fraction of sp³-hybridized carbons (Fsp3) is 0.348. The van der Waals surface area contributed by atoms with Crippen molar-refractivity contribution in [3.63, 3.8) is 0 Å². The zero-order valence-electron chi connectivity index (χ0n) is 16.9. The van der Waals surface area contributed by atoms with Crippen LogP contribution in [0.1, 0.15) is 30.9 Å². The van der Waals surface area contributed by atoms with Crippen LogP contribution in [0.4, 0.5) is 4.79 Å². The third-order valence-electron chi connectivity index (χ3n) is 5.51. The van der Waals surface area contributed by atoms with E-state index < -0.39 is 24.1 Å². The van der Waals surface area contributed by atoms with E-state index in [1.807, 2.05) is 38.1 Å². The van der Waals surface area contributed by atoms with E-state index in [4.69, 9.17) is 14.6 Å². The van der Waals surface area contributed by atoms with E-state index in [2.05, 4.69) is 34.6 Å². The van der Waals surface area contributed by atoms with Crippen LogP contribution in [0.3, 0.4) is 0 Å². The van der Waals surface area contributed by atoms with E-state index in [0.29, 0.717) is 0 Å². The molecule has 1 aliphatic heterocycles. The smallest absolute Gasteiger partial charge is 0.407 e. The number of alkyl carbamates (subject to hydrolysis) is 1. The molecule has 0 saturated carbocycles. The van der Waals surface area contributed by atoms with Crippen LogP contribution >= 0.6 is 0 Å². The number of hydrogen-bond donors (Lipinski definition) is 2. The molecule has 0 fully saturated rings. The van der Waals surface area contributed by atoms with Gasteiger partial charge >= 0.3 is 12.1 Å². The van der Waals surface area contributed by atoms with Gasteiger partial charge in [0.15, 0.2) is 6.04 Å². The van der Waals surface area contributed by atoms with E-state index in [-0.39, 0.29) is 30.9 Å². The Morgan fingerprint density at radius 1 is 1.13 bits per heavy atom. The van der Waals surface area contributed by atoms with Gasteiger partial charge in [-0.05, 0) is 28.2 Å². The van der Waals surface area contributed by atoms with Crippen LogP contribution in [-0.4, -0.2) is 48.4 Å². The van der Waals surface area contributed by atoms with Gasteiger partial charge < -0.3 is 19.9 Å². The van der Waals surface area contributed by atoms with Crippen molar-refractivity contribution in [1.29, 1.82) is 0 Å². The summed E-state index contributed by atoms with van der Waals surface area (Å²) in [6, 6.07) is 14.8. The van der Waals surface area contributed by atoms with E-state index in [1.54, 1.807) is 0 Å². The summed E-state index contributed by atoms with van der Waals surface area (Å²) >= 11 is 0. The van der Waals surface area contributed by atoms with Gasteiger partial charge in [-0.2, -0.15) is 0 Å². The molecule has 2 aromatic rings. The molecule has 0 unspecified atom stereocenters. The average molecular weight is 408 g/mol. The third kappa shape index (κ3) is 3.75. The van der Waals surface area contributed by atoms with Gasteiger partial charge in [-0.3, -0.25) is 0 Å². The molecule has 2 N–H and O–H groups in total. The third-order valence-corrected chi connectivity index (χ3v) is 5.51. The number of aliphatic carboxylic acids is 1. The first-order chi connectivity index (χ1) is 14.5. The fourth-order valence-corrected chi connectivity index (χ4v) is 3.97. The number of carboxylic acids is 1. The van der Waals surface area contributed by atoms with Crippen molar-refractivity contribution in [3.05, 3.63) is 59.7 Å². The number of nitrogens with zero attached hydrogens (tertiary/aromatic N) is 1. The number of fused-ring (bicyclic) bond motifs is 3. The first-order valence-electron chi connectivity index (χ1n) is 10.0. The molecule has 0 radical (unpaired) electrons. The van der Waals surface area contributed by atoms with Crippen molar-refractivity contribution >= 4 is 18.0 Å². The Kier molecular flexibility index (Phi) is 5.44. The van der Waals surface area contributed by atoms with Gasteiger partial charge in [0.2, 0.25) is 5.90 Å². The molecule has 0 spiro atoms. The standard InChI is InChI=1S/C23H24N2O5/c1-13(2)20(21-24-19(12-29-21)22(26)27)25-23(28)30-11-18-16-9-5-3-7-14(16)15-8-4-6-10-17(15)18/h3-10,13,18-20H,11-12H2,1-2H3,(H,25,28)(H,26,27)/t19-,20-/m0/s1. The minimum Gasteiger partial charge on any atom is -0.480 e. The quantitative estimate of drug-likeness (QED) is 0.763. The summed E-state index contributed by atoms with van der Waals surface area (Å²) in [4.78, 5) is 27.7. The molecule has 0 bridgehead atoms. The molecule has 7 nitrogen and oxygen atoms in total. The van der Waals surface area contributed by atoms with E-state index in [9.17, 15) is 9.59 Å². The first-order valence-corrected chi connectivity index (χ1v) is 10.0. The Morgan fingerprint density at radius 3 is 2.27 bits per heavy atom. The van der Waals surface area contributed by atoms with E-state index in [1.165, 1.54) is 0 Å². The number of carboxylic acid groups (broad SMARTS) is 1. The summed E-state index contributed by atoms with van der Waals surface area (Å²) in [6.07, 6.45) is -0.583. The van der Waals surface area contributed by atoms with Crippen LogP contribution in [0.2, 0.25) is 0 Å². The van der Waals surface area contributed by atoms with Gasteiger partial charge in [-0.15, -0.1) is 0 Å². The molecule has 2 atom stereocenters. The lowest BCUT2D eigenvalue weighted by molar-refractivity contribution is -0.138. The monoisotopic (exact) mass is 408 g/mol. The molecule has 2 aliphatic rings. The maximum atomic E-state index is 12.6. The predicted octanol–water partition coefficient (Wildman–Crippen LogP) is 3.43. The van der Waals surface area contributed by atoms with Crippen LogP contribution in [0.25, 0.3) is 11.1 Å². The van der Waals surface area contributed by atoms with Crippen LogP contribution in [0, 0.1) is 5.92 Å². The van der Waals surface area contributed by atoms with Crippen molar-refractivity contribution in [2.24, 2.45) is 10.9 Å². The molecule has 30 heavy (non-hydrogen) atoms. The number of hydrogen-bond acceptors (Lipinski definition) is 5. The number of carbonyl (C=O) groups is 2. The minimum atomic E-state index is -1.05. The average Bonchev–Trinajstić information content (AvgIpc) is 3.34. The second-order valence-corrected chi connectivity index (χ2v) is 7.82. The Bertz CT molecular complexity index is 955. The second-order valence-electron chi connectivity index (χ2n) is 7.82. The molecule has 0 aromatic heterocycles. The summed E-state index contributed by atoms with van der Waals surface area (Å²) in [5.74, 6) is -0.895. The summed E-state index contributed by atoms with van der Waals surface area (Å²) in [7, 11) is 0. The highest BCUT2D eigenvalue weighted by Gasteiger charge is 2.34. The maximum Gasteiger partial charge on any atom is 0.407 e. The van der Waals surface area contributed by atoms with E-state index >= 15 is 0 Å². The van der Waals surface area contributed by atoms with Gasteiger partial charge in [0.05, 0.1) is 0 Å². The van der Waals surface area contributed by atoms with Crippen molar-refractivity contribution in [1.82, 2.24) is 5.32 Å². The normalized spacial score (nSPS) is 18.2. The van der Waals surface area contributed by atoms with Crippen LogP contribution in [-0.2, 0) is 14.3 Å². The lowest BCUT2D eigenvalue weighted by Gasteiger charge is -2.22. The molecule has 1 amide bonds. The van der Waals surface area contributed by atoms with Gasteiger partial charge in [-0.25, -0.2) is 14.6 Å². The predicted molar refractivity (Wildman–Crippen MR) is 112 cm³/mol. The highest BCUT2D eigenvalue weighted by atomic mass is 16.5. The zero-order chi connectivity index (χ0) is 21.3. The molecular formula is C23H24N2O5. The number of ether oxygens (including phenoxy) is 2. The molecule has 7 heteroatoms. The molecule has 156 valence electrons. The SMILES string of the molecule is CC(C)[C@H](NC(=O)OCC1c2ccccc2-c2ccccc21)C1=N[C@H](C(=O)O)CO1. The fourth-order valence-electron chi connectivity index (χ4n) is 3.97. The highest BCUT2D eigenvalue weighted by Crippen LogP contribution is 2.44. The van der Waals surface area contributed by atoms with Crippen LogP contribution in [0.15, 0.2) is 53.5 Å². The van der Waals surface area contributed by atoms with Crippen molar-refractivity contribution < 1.29 is 24.2 Å². The Hall–Kier alpha value is -3.35. The number of rotatable bonds is 6. The number of benzene rings is 2. The maximum absolute atomic E-state index is 12.6. The largest absolute Gasteiger partial charge is 0.480 e. The molecule has 0 saturated heterocycles. The van der Waals surface area contributed by atoms with Gasteiger partial charge in [0.25, 0.3) is 0 Å². The number of nitrogens with one attached hydrogen (secondary N) is 1. The summed E-state index contributed by atoms with van der Waals surface area (Å²) in [6.45, 7) is 3.97. The Labute approximate surface area is 174 Å². The highest BCUT2D eigenvalue weighted by molar-refractivity contribution is 5.90. The lowest BCUT2D eigenvalue weighted by atomic mass is 9.98. The summed E-state index contributed by atoms with van der Waals surface area (Å²) < 4.78 is 11.0. The first kappa shape index (κ1) is 19.9. The minimum absolute atomic E-state index is 0.0275. The molecule has 2 aromatic carbocycles. The van der Waals surface area contributed by atoms with Gasteiger partial charge in [0, 0.05) is 5.92 Å². The van der Waals surface area contributed by atoms with Crippen molar-refractivity contribution in [3.8, 4) is 11.1 Å². The van der Waals surface area contributed by atoms with Gasteiger partial charge in [-0.1, -0.05) is 62.4 Å². The molecule has 4 rings (SSSR count). The van der Waals surface area contributed by atoms with Gasteiger partial charge in [0.1, 0.15) is 19.3 Å². The molecular weight excluding hydrogens is 384 g/mol. The summed E-state index contributed by atoms with van der Waals surface area (Å²) in [5.41, 5.74) is 4.60. The van der Waals surface area contributed by atoms with Crippen LogP contribution in [0.5, 0.6) is 0 Å². The zero-order valence-corrected chi connectivity index (χ0v) is 16.9. The second kappa shape index (κ2) is 8.18. The topological polar surface area (TPSA) is 97.2 Å². The molecule has 1 heterocycles. The van der Waals surface area contributed by atoms with Crippen molar-refractivity contribution in [2.75, 3.05) is 13.2 Å². The number of carbonyl (C=O) groups excluding carboxylic acids is 1. The summed E-state index contributed by atoms with van der Waals surface area (Å²) in [5, 5.41) is 11.9.